The van der Waals surface area contributed by atoms with Crippen LogP contribution in [0, 0.1) is 0 Å². The van der Waals surface area contributed by atoms with Crippen molar-refractivity contribution in [2.45, 2.75) is 18.9 Å². The number of imide groups is 1. The average molecular weight is 330 g/mol. The molecule has 3 amide bonds. The highest BCUT2D eigenvalue weighted by atomic mass is 35.5. The van der Waals surface area contributed by atoms with Crippen molar-refractivity contribution in [1.82, 2.24) is 15.2 Å². The van der Waals surface area contributed by atoms with Gasteiger partial charge in [0.1, 0.15) is 5.54 Å². The van der Waals surface area contributed by atoms with Crippen molar-refractivity contribution in [1.29, 1.82) is 0 Å². The molecule has 1 atom stereocenters. The van der Waals surface area contributed by atoms with Crippen molar-refractivity contribution < 1.29 is 9.59 Å². The lowest BCUT2D eigenvalue weighted by atomic mass is 9.93. The van der Waals surface area contributed by atoms with Crippen LogP contribution in [0.4, 0.5) is 4.79 Å². The maximum absolute atomic E-state index is 12.7. The number of hydrogen-bond acceptors (Lipinski definition) is 3. The summed E-state index contributed by atoms with van der Waals surface area (Å²) in [5, 5.41) is 3.40. The number of hydrogen-bond donors (Lipinski definition) is 1. The smallest absolute Gasteiger partial charge is 0.319 e. The maximum Gasteiger partial charge on any atom is 0.325 e. The van der Waals surface area contributed by atoms with Crippen LogP contribution in [0.2, 0.25) is 5.02 Å². The number of amides is 3. The van der Waals surface area contributed by atoms with E-state index in [-0.39, 0.29) is 12.5 Å². The number of rotatable bonds is 4. The lowest BCUT2D eigenvalue weighted by molar-refractivity contribution is -0.131. The van der Waals surface area contributed by atoms with E-state index in [0.29, 0.717) is 17.0 Å². The van der Waals surface area contributed by atoms with Gasteiger partial charge in [-0.25, -0.2) is 4.79 Å². The van der Waals surface area contributed by atoms with Crippen LogP contribution in [0.1, 0.15) is 18.1 Å². The van der Waals surface area contributed by atoms with Gasteiger partial charge in [0.2, 0.25) is 0 Å². The molecule has 0 saturated carbocycles. The van der Waals surface area contributed by atoms with Crippen molar-refractivity contribution in [3.63, 3.8) is 0 Å². The van der Waals surface area contributed by atoms with Gasteiger partial charge in [0, 0.05) is 29.5 Å². The first kappa shape index (κ1) is 15.5. The molecule has 1 N–H and O–H groups in total. The molecule has 1 aromatic heterocycles. The summed E-state index contributed by atoms with van der Waals surface area (Å²) in [6.45, 7) is 1.98. The molecule has 0 spiro atoms. The summed E-state index contributed by atoms with van der Waals surface area (Å²) >= 11 is 6.12. The molecule has 0 aliphatic carbocycles. The van der Waals surface area contributed by atoms with Crippen LogP contribution in [0.15, 0.2) is 48.8 Å². The fourth-order valence-electron chi connectivity index (χ4n) is 2.69. The third kappa shape index (κ3) is 2.80. The number of benzene rings is 1. The lowest BCUT2D eigenvalue weighted by Crippen LogP contribution is -2.41. The zero-order chi connectivity index (χ0) is 16.4. The van der Waals surface area contributed by atoms with E-state index in [4.69, 9.17) is 11.6 Å². The molecule has 6 heteroatoms. The fraction of sp³-hybridized carbons (Fsp3) is 0.235. The monoisotopic (exact) mass is 329 g/mol. The minimum Gasteiger partial charge on any atom is -0.319 e. The molecule has 1 aliphatic rings. The third-order valence-electron chi connectivity index (χ3n) is 4.08. The molecule has 2 aromatic rings. The summed E-state index contributed by atoms with van der Waals surface area (Å²) in [6.07, 6.45) is 3.74. The Morgan fingerprint density at radius 2 is 2.00 bits per heavy atom. The second-order valence-electron chi connectivity index (χ2n) is 5.60. The van der Waals surface area contributed by atoms with E-state index < -0.39 is 11.6 Å². The Morgan fingerprint density at radius 1 is 1.22 bits per heavy atom. The maximum atomic E-state index is 12.7. The molecule has 0 bridgehead atoms. The normalized spacial score (nSPS) is 20.7. The predicted octanol–water partition coefficient (Wildman–Crippen LogP) is 2.74. The molecule has 0 unspecified atom stereocenters. The van der Waals surface area contributed by atoms with Gasteiger partial charge in [-0.2, -0.15) is 0 Å². The number of nitrogens with one attached hydrogen (secondary N) is 1. The second-order valence-corrected chi connectivity index (χ2v) is 6.00. The Bertz CT molecular complexity index is 751. The van der Waals surface area contributed by atoms with Crippen LogP contribution < -0.4 is 5.32 Å². The quantitative estimate of drug-likeness (QED) is 0.877. The highest BCUT2D eigenvalue weighted by Gasteiger charge is 2.48. The Balaban J connectivity index is 1.78. The zero-order valence-corrected chi connectivity index (χ0v) is 13.4. The molecule has 5 nitrogen and oxygen atoms in total. The SMILES string of the molecule is C[C@@]1(c2cccnc2)NC(=O)N(CCc2ccccc2Cl)C1=O. The van der Waals surface area contributed by atoms with Crippen LogP contribution in [0.3, 0.4) is 0 Å². The molecule has 118 valence electrons. The van der Waals surface area contributed by atoms with Gasteiger partial charge in [0.25, 0.3) is 5.91 Å². The van der Waals surface area contributed by atoms with Crippen LogP contribution in [-0.2, 0) is 16.8 Å². The van der Waals surface area contributed by atoms with E-state index in [1.807, 2.05) is 18.2 Å². The zero-order valence-electron chi connectivity index (χ0n) is 12.6. The lowest BCUT2D eigenvalue weighted by Gasteiger charge is -2.21. The van der Waals surface area contributed by atoms with Crippen molar-refractivity contribution in [2.75, 3.05) is 6.54 Å². The van der Waals surface area contributed by atoms with E-state index in [9.17, 15) is 9.59 Å². The Hall–Kier alpha value is -2.40. The fourth-order valence-corrected chi connectivity index (χ4v) is 2.92. The highest BCUT2D eigenvalue weighted by molar-refractivity contribution is 6.31. The number of carbonyl (C=O) groups excluding carboxylic acids is 2. The van der Waals surface area contributed by atoms with Crippen molar-refractivity contribution >= 4 is 23.5 Å². The molecular weight excluding hydrogens is 314 g/mol. The molecule has 3 rings (SSSR count). The first-order valence-corrected chi connectivity index (χ1v) is 7.68. The minimum absolute atomic E-state index is 0.275. The predicted molar refractivity (Wildman–Crippen MR) is 87.0 cm³/mol. The molecule has 1 saturated heterocycles. The summed E-state index contributed by atoms with van der Waals surface area (Å²) in [6, 6.07) is 10.5. The number of aromatic nitrogens is 1. The van der Waals surface area contributed by atoms with E-state index in [1.165, 1.54) is 4.90 Å². The third-order valence-corrected chi connectivity index (χ3v) is 4.45. The second kappa shape index (κ2) is 6.01. The topological polar surface area (TPSA) is 62.3 Å². The highest BCUT2D eigenvalue weighted by Crippen LogP contribution is 2.28. The summed E-state index contributed by atoms with van der Waals surface area (Å²) < 4.78 is 0. The number of carbonyl (C=O) groups is 2. The van der Waals surface area contributed by atoms with Crippen molar-refractivity contribution in [3.05, 3.63) is 64.9 Å². The summed E-state index contributed by atoms with van der Waals surface area (Å²) in [4.78, 5) is 30.2. The van der Waals surface area contributed by atoms with E-state index in [1.54, 1.807) is 37.5 Å². The van der Waals surface area contributed by atoms with Gasteiger partial charge < -0.3 is 5.32 Å². The number of nitrogens with zero attached hydrogens (tertiary/aromatic N) is 2. The van der Waals surface area contributed by atoms with Crippen LogP contribution >= 0.6 is 11.6 Å². The minimum atomic E-state index is -1.08. The van der Waals surface area contributed by atoms with Gasteiger partial charge in [0.05, 0.1) is 0 Å². The largest absolute Gasteiger partial charge is 0.325 e. The molecule has 23 heavy (non-hydrogen) atoms. The van der Waals surface area contributed by atoms with E-state index in [0.717, 1.165) is 5.56 Å². The average Bonchev–Trinajstić information content (AvgIpc) is 2.78. The molecular formula is C17H16ClN3O2. The van der Waals surface area contributed by atoms with Gasteiger partial charge in [-0.15, -0.1) is 0 Å². The van der Waals surface area contributed by atoms with Gasteiger partial charge in [-0.3, -0.25) is 14.7 Å². The van der Waals surface area contributed by atoms with Crippen LogP contribution in [0.5, 0.6) is 0 Å². The Labute approximate surface area is 139 Å². The molecule has 1 aliphatic heterocycles. The van der Waals surface area contributed by atoms with E-state index in [2.05, 4.69) is 10.3 Å². The van der Waals surface area contributed by atoms with Crippen LogP contribution in [0.25, 0.3) is 0 Å². The van der Waals surface area contributed by atoms with Crippen molar-refractivity contribution in [3.8, 4) is 0 Å². The number of urea groups is 1. The molecule has 1 fully saturated rings. The van der Waals surface area contributed by atoms with Crippen LogP contribution in [-0.4, -0.2) is 28.4 Å². The van der Waals surface area contributed by atoms with Gasteiger partial charge in [0.15, 0.2) is 0 Å². The summed E-state index contributed by atoms with van der Waals surface area (Å²) in [5.41, 5.74) is 0.495. The number of pyridine rings is 1. The standard InChI is InChI=1S/C17H16ClN3O2/c1-17(13-6-4-9-19-11-13)15(22)21(16(23)20-17)10-8-12-5-2-3-7-14(12)18/h2-7,9,11H,8,10H2,1H3,(H,20,23)/t17-/m0/s1. The first-order valence-electron chi connectivity index (χ1n) is 7.30. The summed E-state index contributed by atoms with van der Waals surface area (Å²) in [7, 11) is 0. The first-order chi connectivity index (χ1) is 11.0. The molecule has 0 radical (unpaired) electrons. The van der Waals surface area contributed by atoms with Gasteiger partial charge in [-0.1, -0.05) is 35.9 Å². The number of halogens is 1. The van der Waals surface area contributed by atoms with Gasteiger partial charge >= 0.3 is 6.03 Å². The Kier molecular flexibility index (Phi) is 4.05. The van der Waals surface area contributed by atoms with Crippen molar-refractivity contribution in [2.24, 2.45) is 0 Å². The molecule has 1 aromatic carbocycles. The summed E-state index contributed by atoms with van der Waals surface area (Å²) in [5.74, 6) is -0.275. The molecule has 2 heterocycles. The van der Waals surface area contributed by atoms with Gasteiger partial charge in [-0.05, 0) is 31.0 Å². The van der Waals surface area contributed by atoms with E-state index >= 15 is 0 Å². The Morgan fingerprint density at radius 3 is 2.70 bits per heavy atom.